The Balaban J connectivity index is 2.14. The molecule has 0 amide bonds. The first kappa shape index (κ1) is 21.5. The molecule has 0 aliphatic heterocycles. The molecule has 0 spiro atoms. The monoisotopic (exact) mass is 391 g/mol. The van der Waals surface area contributed by atoms with Gasteiger partial charge >= 0.3 is 0 Å². The van der Waals surface area contributed by atoms with Gasteiger partial charge in [0.15, 0.2) is 8.32 Å². The maximum absolute atomic E-state index is 6.45. The smallest absolute Gasteiger partial charge is 0.238 e. The Morgan fingerprint density at radius 1 is 1.15 bits per heavy atom. The van der Waals surface area contributed by atoms with Crippen molar-refractivity contribution < 1.29 is 13.9 Å². The number of benzene rings is 1. The Kier molecular flexibility index (Phi) is 6.72. The van der Waals surface area contributed by atoms with Crippen LogP contribution in [0.3, 0.4) is 0 Å². The zero-order chi connectivity index (χ0) is 20.2. The molecule has 1 aromatic heterocycles. The van der Waals surface area contributed by atoms with E-state index in [0.717, 1.165) is 11.3 Å². The molecule has 1 atom stereocenters. The number of para-hydroxylation sites is 1. The van der Waals surface area contributed by atoms with Crippen molar-refractivity contribution in [1.82, 2.24) is 9.78 Å². The lowest BCUT2D eigenvalue weighted by atomic mass is 10.2. The number of rotatable bonds is 8. The zero-order valence-corrected chi connectivity index (χ0v) is 18.6. The van der Waals surface area contributed by atoms with Crippen LogP contribution in [0.4, 0.5) is 5.82 Å². The van der Waals surface area contributed by atoms with Crippen molar-refractivity contribution in [3.05, 3.63) is 35.9 Å². The molecule has 27 heavy (non-hydrogen) atoms. The van der Waals surface area contributed by atoms with Crippen LogP contribution in [0.5, 0.6) is 5.88 Å². The normalized spacial score (nSPS) is 13.6. The predicted molar refractivity (Wildman–Crippen MR) is 112 cm³/mol. The predicted octanol–water partition coefficient (Wildman–Crippen LogP) is 4.18. The molecule has 0 unspecified atom stereocenters. The van der Waals surface area contributed by atoms with Crippen LogP contribution in [0.15, 0.2) is 30.3 Å². The van der Waals surface area contributed by atoms with Crippen molar-refractivity contribution in [2.24, 2.45) is 0 Å². The average molecular weight is 392 g/mol. The van der Waals surface area contributed by atoms with Gasteiger partial charge in [0.25, 0.3) is 0 Å². The molecule has 2 aromatic rings. The summed E-state index contributed by atoms with van der Waals surface area (Å²) in [6.45, 7) is 13.9. The molecule has 0 aliphatic rings. The molecule has 6 nitrogen and oxygen atoms in total. The van der Waals surface area contributed by atoms with Crippen molar-refractivity contribution in [2.45, 2.75) is 51.9 Å². The van der Waals surface area contributed by atoms with Gasteiger partial charge in [0.2, 0.25) is 5.88 Å². The molecule has 0 aliphatic carbocycles. The second-order valence-electron chi connectivity index (χ2n) is 8.33. The molecule has 2 rings (SSSR count). The van der Waals surface area contributed by atoms with Gasteiger partial charge in [-0.3, -0.25) is 0 Å². The van der Waals surface area contributed by atoms with Crippen molar-refractivity contribution in [3.8, 4) is 11.6 Å². The van der Waals surface area contributed by atoms with E-state index in [4.69, 9.17) is 19.6 Å². The van der Waals surface area contributed by atoms with Crippen molar-refractivity contribution in [2.75, 3.05) is 26.1 Å². The number of nitrogen functional groups attached to an aromatic ring is 1. The van der Waals surface area contributed by atoms with Crippen LogP contribution >= 0.6 is 0 Å². The van der Waals surface area contributed by atoms with Gasteiger partial charge in [0.05, 0.1) is 17.9 Å². The van der Waals surface area contributed by atoms with E-state index >= 15 is 0 Å². The molecule has 0 fully saturated rings. The summed E-state index contributed by atoms with van der Waals surface area (Å²) in [5, 5.41) is 4.66. The fourth-order valence-electron chi connectivity index (χ4n) is 2.46. The number of ether oxygens (including phenoxy) is 2. The molecule has 150 valence electrons. The average Bonchev–Trinajstić information content (AvgIpc) is 2.88. The summed E-state index contributed by atoms with van der Waals surface area (Å²) in [4.78, 5) is 0. The number of aromatic nitrogens is 2. The van der Waals surface area contributed by atoms with Crippen LogP contribution in [0.25, 0.3) is 5.69 Å². The molecule has 2 N–H and O–H groups in total. The highest BCUT2D eigenvalue weighted by Crippen LogP contribution is 2.37. The Morgan fingerprint density at radius 3 is 2.33 bits per heavy atom. The minimum absolute atomic E-state index is 0.119. The summed E-state index contributed by atoms with van der Waals surface area (Å²) in [7, 11) is -0.250. The molecular weight excluding hydrogens is 358 g/mol. The van der Waals surface area contributed by atoms with Gasteiger partial charge in [0.1, 0.15) is 18.5 Å². The SMILES string of the molecule is COC[C@H](COc1nn(-c2ccccc2)c(N)c1C)O[Si](C)(C)C(C)(C)C. The zero-order valence-electron chi connectivity index (χ0n) is 17.6. The summed E-state index contributed by atoms with van der Waals surface area (Å²) in [6, 6.07) is 9.78. The van der Waals surface area contributed by atoms with E-state index in [1.54, 1.807) is 11.8 Å². The van der Waals surface area contributed by atoms with Crippen LogP contribution in [0, 0.1) is 6.92 Å². The Labute approximate surface area is 163 Å². The minimum atomic E-state index is -1.93. The molecule has 7 heteroatoms. The van der Waals surface area contributed by atoms with Gasteiger partial charge in [-0.15, -0.1) is 5.10 Å². The van der Waals surface area contributed by atoms with Crippen molar-refractivity contribution in [3.63, 3.8) is 0 Å². The number of nitrogens with two attached hydrogens (primary N) is 1. The van der Waals surface area contributed by atoms with Crippen molar-refractivity contribution in [1.29, 1.82) is 0 Å². The largest absolute Gasteiger partial charge is 0.474 e. The van der Waals surface area contributed by atoms with E-state index < -0.39 is 8.32 Å². The van der Waals surface area contributed by atoms with Crippen LogP contribution in [-0.4, -0.2) is 44.5 Å². The first-order valence-electron chi connectivity index (χ1n) is 9.27. The van der Waals surface area contributed by atoms with Gasteiger partial charge in [-0.1, -0.05) is 39.0 Å². The van der Waals surface area contributed by atoms with Crippen LogP contribution in [0.1, 0.15) is 26.3 Å². The minimum Gasteiger partial charge on any atom is -0.474 e. The van der Waals surface area contributed by atoms with E-state index in [9.17, 15) is 0 Å². The highest BCUT2D eigenvalue weighted by Gasteiger charge is 2.39. The van der Waals surface area contributed by atoms with E-state index in [1.807, 2.05) is 37.3 Å². The van der Waals surface area contributed by atoms with Gasteiger partial charge in [0, 0.05) is 7.11 Å². The Morgan fingerprint density at radius 2 is 1.78 bits per heavy atom. The standard InChI is InChI=1S/C20H33N3O3Si/c1-15-18(21)23(16-11-9-8-10-12-16)22-19(15)25-14-17(13-24-5)26-27(6,7)20(2,3)4/h8-12,17H,13-14,21H2,1-7H3/t17-/m1/s1. The van der Waals surface area contributed by atoms with Crippen LogP contribution < -0.4 is 10.5 Å². The molecule has 0 bridgehead atoms. The lowest BCUT2D eigenvalue weighted by Gasteiger charge is -2.39. The van der Waals surface area contributed by atoms with Gasteiger partial charge < -0.3 is 19.6 Å². The number of nitrogens with zero attached hydrogens (tertiary/aromatic N) is 2. The van der Waals surface area contributed by atoms with Gasteiger partial charge in [-0.05, 0) is 37.2 Å². The molecule has 0 saturated heterocycles. The molecule has 1 heterocycles. The first-order valence-corrected chi connectivity index (χ1v) is 12.2. The summed E-state index contributed by atoms with van der Waals surface area (Å²) in [6.07, 6.45) is -0.154. The summed E-state index contributed by atoms with van der Waals surface area (Å²) >= 11 is 0. The lowest BCUT2D eigenvalue weighted by molar-refractivity contribution is 0.0384. The second kappa shape index (κ2) is 8.46. The summed E-state index contributed by atoms with van der Waals surface area (Å²) < 4.78 is 19.5. The van der Waals surface area contributed by atoms with E-state index in [0.29, 0.717) is 24.9 Å². The van der Waals surface area contributed by atoms with E-state index in [1.165, 1.54) is 0 Å². The van der Waals surface area contributed by atoms with Crippen LogP contribution in [-0.2, 0) is 9.16 Å². The topological polar surface area (TPSA) is 71.5 Å². The van der Waals surface area contributed by atoms with E-state index in [-0.39, 0.29) is 11.1 Å². The maximum atomic E-state index is 6.45. The highest BCUT2D eigenvalue weighted by atomic mass is 28.4. The Bertz CT molecular complexity index is 739. The molecule has 0 radical (unpaired) electrons. The number of methoxy groups -OCH3 is 1. The Hall–Kier alpha value is -1.83. The third kappa shape index (κ3) is 5.12. The number of hydrogen-bond donors (Lipinski definition) is 1. The van der Waals surface area contributed by atoms with Crippen LogP contribution in [0.2, 0.25) is 18.1 Å². The van der Waals surface area contributed by atoms with Gasteiger partial charge in [-0.2, -0.15) is 0 Å². The summed E-state index contributed by atoms with van der Waals surface area (Å²) in [5.74, 6) is 1.10. The molecule has 1 aromatic carbocycles. The second-order valence-corrected chi connectivity index (χ2v) is 13.1. The quantitative estimate of drug-likeness (QED) is 0.684. The van der Waals surface area contributed by atoms with E-state index in [2.05, 4.69) is 39.0 Å². The fourth-order valence-corrected chi connectivity index (χ4v) is 3.78. The molecular formula is C20H33N3O3Si. The summed E-state index contributed by atoms with van der Waals surface area (Å²) in [5.41, 5.74) is 7.95. The first-order chi connectivity index (χ1) is 12.6. The third-order valence-electron chi connectivity index (χ3n) is 5.15. The highest BCUT2D eigenvalue weighted by molar-refractivity contribution is 6.74. The fraction of sp³-hybridized carbons (Fsp3) is 0.550. The van der Waals surface area contributed by atoms with Crippen molar-refractivity contribution >= 4 is 14.1 Å². The maximum Gasteiger partial charge on any atom is 0.238 e. The molecule has 0 saturated carbocycles. The lowest BCUT2D eigenvalue weighted by Crippen LogP contribution is -2.46. The third-order valence-corrected chi connectivity index (χ3v) is 9.69. The van der Waals surface area contributed by atoms with Gasteiger partial charge in [-0.25, -0.2) is 4.68 Å². The number of anilines is 1. The number of hydrogen-bond acceptors (Lipinski definition) is 5.